The average molecular weight is 457 g/mol. The van der Waals surface area contributed by atoms with Crippen LogP contribution in [0.4, 0.5) is 0 Å². The Kier molecular flexibility index (Phi) is 8.82. The molecule has 2 aliphatic heterocycles. The van der Waals surface area contributed by atoms with E-state index in [9.17, 15) is 4.79 Å². The Balaban J connectivity index is 0.00000160. The summed E-state index contributed by atoms with van der Waals surface area (Å²) in [5.41, 5.74) is 1.63. The fourth-order valence-electron chi connectivity index (χ4n) is 4.23. The summed E-state index contributed by atoms with van der Waals surface area (Å²) < 4.78 is 13.1. The summed E-state index contributed by atoms with van der Waals surface area (Å²) in [6.45, 7) is 4.22. The number of nitrogens with one attached hydrogen (secondary N) is 1. The Morgan fingerprint density at radius 2 is 1.87 bits per heavy atom. The van der Waals surface area contributed by atoms with Crippen LogP contribution in [0, 0.1) is 11.8 Å². The van der Waals surface area contributed by atoms with Gasteiger partial charge in [-0.25, -0.2) is 0 Å². The number of carbonyl (C=O) groups excluding carboxylic acids is 1. The van der Waals surface area contributed by atoms with Crippen molar-refractivity contribution in [2.75, 3.05) is 33.3 Å². The number of ether oxygens (including phenoxy) is 2. The van der Waals surface area contributed by atoms with Crippen molar-refractivity contribution in [2.24, 2.45) is 18.9 Å². The molecule has 0 radical (unpaired) electrons. The topological polar surface area (TPSA) is 68.6 Å². The lowest BCUT2D eigenvalue weighted by Crippen LogP contribution is -2.32. The number of halogens is 2. The summed E-state index contributed by atoms with van der Waals surface area (Å²) in [5.74, 6) is 2.68. The number of amides is 1. The molecule has 3 heterocycles. The first-order valence-electron chi connectivity index (χ1n) is 9.92. The molecular formula is C21H30Cl2N4O3. The third kappa shape index (κ3) is 5.39. The highest BCUT2D eigenvalue weighted by molar-refractivity contribution is 5.95. The summed E-state index contributed by atoms with van der Waals surface area (Å²) >= 11 is 0. The van der Waals surface area contributed by atoms with Crippen LogP contribution in [0.5, 0.6) is 11.5 Å². The largest absolute Gasteiger partial charge is 0.493 e. The van der Waals surface area contributed by atoms with Crippen molar-refractivity contribution in [3.05, 3.63) is 41.7 Å². The maximum atomic E-state index is 13.0. The van der Waals surface area contributed by atoms with Crippen molar-refractivity contribution < 1.29 is 14.3 Å². The minimum atomic E-state index is 0. The van der Waals surface area contributed by atoms with E-state index in [0.717, 1.165) is 44.6 Å². The van der Waals surface area contributed by atoms with Crippen LogP contribution in [0.3, 0.4) is 0 Å². The van der Waals surface area contributed by atoms with Gasteiger partial charge in [0.1, 0.15) is 6.61 Å². The molecular weight excluding hydrogens is 427 g/mol. The molecule has 2 aliphatic rings. The lowest BCUT2D eigenvalue weighted by Gasteiger charge is -2.21. The smallest absolute Gasteiger partial charge is 0.253 e. The van der Waals surface area contributed by atoms with Crippen molar-refractivity contribution >= 4 is 30.7 Å². The molecule has 1 aromatic carbocycles. The zero-order valence-electron chi connectivity index (χ0n) is 17.4. The van der Waals surface area contributed by atoms with E-state index in [1.165, 1.54) is 0 Å². The molecule has 0 spiro atoms. The van der Waals surface area contributed by atoms with E-state index < -0.39 is 0 Å². The molecule has 2 saturated heterocycles. The molecule has 2 atom stereocenters. The van der Waals surface area contributed by atoms with Crippen LogP contribution in [0.1, 0.15) is 28.8 Å². The van der Waals surface area contributed by atoms with E-state index >= 15 is 0 Å². The lowest BCUT2D eigenvalue weighted by atomic mass is 9.92. The molecule has 7 nitrogen and oxygen atoms in total. The Morgan fingerprint density at radius 1 is 1.17 bits per heavy atom. The molecule has 0 unspecified atom stereocenters. The molecule has 1 aromatic heterocycles. The molecule has 4 rings (SSSR count). The summed E-state index contributed by atoms with van der Waals surface area (Å²) in [6, 6.07) is 5.43. The van der Waals surface area contributed by atoms with E-state index in [1.54, 1.807) is 24.1 Å². The Hall–Kier alpha value is -1.96. The zero-order valence-corrected chi connectivity index (χ0v) is 19.0. The van der Waals surface area contributed by atoms with E-state index in [1.807, 2.05) is 30.3 Å². The number of aromatic nitrogens is 2. The van der Waals surface area contributed by atoms with Crippen molar-refractivity contribution in [1.82, 2.24) is 20.0 Å². The fraction of sp³-hybridized carbons (Fsp3) is 0.524. The number of fused-ring (bicyclic) bond motifs is 1. The SMILES string of the molecule is COc1cc(C(=O)N2CC[C@@H]3CNC[C@@H]3CC2)ccc1OCc1cnn(C)c1.Cl.Cl. The maximum Gasteiger partial charge on any atom is 0.253 e. The molecule has 30 heavy (non-hydrogen) atoms. The maximum absolute atomic E-state index is 13.0. The van der Waals surface area contributed by atoms with Crippen LogP contribution in [-0.2, 0) is 13.7 Å². The minimum Gasteiger partial charge on any atom is -0.493 e. The number of aryl methyl sites for hydroxylation is 1. The molecule has 0 aliphatic carbocycles. The third-order valence-corrected chi connectivity index (χ3v) is 5.87. The second kappa shape index (κ2) is 10.9. The number of hydrogen-bond acceptors (Lipinski definition) is 5. The number of hydrogen-bond donors (Lipinski definition) is 1. The van der Waals surface area contributed by atoms with Gasteiger partial charge in [0, 0.05) is 37.5 Å². The molecule has 1 amide bonds. The van der Waals surface area contributed by atoms with Crippen molar-refractivity contribution in [3.8, 4) is 11.5 Å². The molecule has 9 heteroatoms. The average Bonchev–Trinajstić information content (AvgIpc) is 3.29. The quantitative estimate of drug-likeness (QED) is 0.748. The molecule has 166 valence electrons. The number of rotatable bonds is 5. The van der Waals surface area contributed by atoms with Crippen LogP contribution < -0.4 is 14.8 Å². The Bertz CT molecular complexity index is 831. The number of carbonyl (C=O) groups is 1. The highest BCUT2D eigenvalue weighted by Gasteiger charge is 2.31. The summed E-state index contributed by atoms with van der Waals surface area (Å²) in [4.78, 5) is 15.0. The number of benzene rings is 1. The lowest BCUT2D eigenvalue weighted by molar-refractivity contribution is 0.0758. The van der Waals surface area contributed by atoms with Crippen molar-refractivity contribution in [2.45, 2.75) is 19.4 Å². The summed E-state index contributed by atoms with van der Waals surface area (Å²) in [7, 11) is 3.47. The van der Waals surface area contributed by atoms with Crippen LogP contribution >= 0.6 is 24.8 Å². The third-order valence-electron chi connectivity index (χ3n) is 5.87. The van der Waals surface area contributed by atoms with Gasteiger partial charge in [0.15, 0.2) is 11.5 Å². The van der Waals surface area contributed by atoms with Crippen LogP contribution in [-0.4, -0.2) is 53.9 Å². The van der Waals surface area contributed by atoms with E-state index in [4.69, 9.17) is 9.47 Å². The summed E-state index contributed by atoms with van der Waals surface area (Å²) in [6.07, 6.45) is 5.84. The number of nitrogens with zero attached hydrogens (tertiary/aromatic N) is 3. The summed E-state index contributed by atoms with van der Waals surface area (Å²) in [5, 5.41) is 7.62. The van der Waals surface area contributed by atoms with Crippen LogP contribution in [0.25, 0.3) is 0 Å². The minimum absolute atomic E-state index is 0. The van der Waals surface area contributed by atoms with Gasteiger partial charge in [0.25, 0.3) is 5.91 Å². The second-order valence-electron chi connectivity index (χ2n) is 7.72. The predicted molar refractivity (Wildman–Crippen MR) is 120 cm³/mol. The predicted octanol–water partition coefficient (Wildman–Crippen LogP) is 2.92. The highest BCUT2D eigenvalue weighted by atomic mass is 35.5. The van der Waals surface area contributed by atoms with Gasteiger partial charge in [-0.2, -0.15) is 5.10 Å². The first kappa shape index (κ1) is 24.3. The van der Waals surface area contributed by atoms with Gasteiger partial charge in [-0.1, -0.05) is 0 Å². The molecule has 2 fully saturated rings. The van der Waals surface area contributed by atoms with Gasteiger partial charge < -0.3 is 19.7 Å². The molecule has 2 aromatic rings. The standard InChI is InChI=1S/C21H28N4O3.2ClH/c1-24-13-15(10-23-24)14-28-19-4-3-16(9-20(19)27-2)21(26)25-7-5-17-11-22-12-18(17)6-8-25;;/h3-4,9-10,13,17-18,22H,5-8,11-12,14H2,1-2H3;2*1H/t17-,18+;;. The highest BCUT2D eigenvalue weighted by Crippen LogP contribution is 2.31. The van der Waals surface area contributed by atoms with Crippen molar-refractivity contribution in [1.29, 1.82) is 0 Å². The van der Waals surface area contributed by atoms with Crippen LogP contribution in [0.15, 0.2) is 30.6 Å². The van der Waals surface area contributed by atoms with E-state index in [-0.39, 0.29) is 30.7 Å². The van der Waals surface area contributed by atoms with Crippen molar-refractivity contribution in [3.63, 3.8) is 0 Å². The van der Waals surface area contributed by atoms with Gasteiger partial charge >= 0.3 is 0 Å². The van der Waals surface area contributed by atoms with Gasteiger partial charge in [-0.15, -0.1) is 24.8 Å². The first-order chi connectivity index (χ1) is 13.6. The molecule has 0 bridgehead atoms. The van der Waals surface area contributed by atoms with E-state index in [0.29, 0.717) is 35.5 Å². The Morgan fingerprint density at radius 3 is 2.47 bits per heavy atom. The first-order valence-corrected chi connectivity index (χ1v) is 9.92. The van der Waals surface area contributed by atoms with Gasteiger partial charge in [-0.05, 0) is 56.0 Å². The van der Waals surface area contributed by atoms with Gasteiger partial charge in [0.05, 0.1) is 13.3 Å². The molecule has 1 N–H and O–H groups in total. The van der Waals surface area contributed by atoms with Gasteiger partial charge in [0.2, 0.25) is 0 Å². The molecule has 0 saturated carbocycles. The Labute approximate surface area is 189 Å². The number of likely N-dealkylation sites (tertiary alicyclic amines) is 1. The second-order valence-corrected chi connectivity index (χ2v) is 7.72. The van der Waals surface area contributed by atoms with Crippen LogP contribution in [0.2, 0.25) is 0 Å². The van der Waals surface area contributed by atoms with Gasteiger partial charge in [-0.3, -0.25) is 9.48 Å². The normalized spacial score (nSPS) is 20.4. The number of methoxy groups -OCH3 is 1. The monoisotopic (exact) mass is 456 g/mol. The fourth-order valence-corrected chi connectivity index (χ4v) is 4.23. The zero-order chi connectivity index (χ0) is 19.5. The van der Waals surface area contributed by atoms with E-state index in [2.05, 4.69) is 10.4 Å².